The predicted molar refractivity (Wildman–Crippen MR) is 195 cm³/mol. The van der Waals surface area contributed by atoms with Crippen molar-refractivity contribution >= 4 is 47.6 Å². The minimum Gasteiger partial charge on any atom is -0.481 e. The first kappa shape index (κ1) is 46.8. The lowest BCUT2D eigenvalue weighted by molar-refractivity contribution is -0.160. The number of carboxylic acid groups (broad SMARTS) is 2. The zero-order chi connectivity index (χ0) is 41.0. The number of carbonyl (C=O) groups is 8. The molecule has 8 N–H and O–H groups in total. The lowest BCUT2D eigenvalue weighted by atomic mass is 9.93. The molecule has 0 spiro atoms. The van der Waals surface area contributed by atoms with E-state index in [1.807, 2.05) is 13.8 Å². The van der Waals surface area contributed by atoms with Crippen molar-refractivity contribution in [3.63, 3.8) is 0 Å². The van der Waals surface area contributed by atoms with Gasteiger partial charge in [-0.3, -0.25) is 28.8 Å². The second kappa shape index (κ2) is 23.4. The molecule has 54 heavy (non-hydrogen) atoms. The van der Waals surface area contributed by atoms with Crippen LogP contribution in [0.1, 0.15) is 105 Å². The number of hydrogen-bond donors (Lipinski definition) is 7. The number of aliphatic carboxylic acids is 2. The van der Waals surface area contributed by atoms with Gasteiger partial charge < -0.3 is 46.7 Å². The number of hydrogen-bond acceptors (Lipinski definition) is 10. The van der Waals surface area contributed by atoms with E-state index in [-0.39, 0.29) is 25.9 Å². The van der Waals surface area contributed by atoms with Crippen molar-refractivity contribution in [3.8, 4) is 0 Å². The largest absolute Gasteiger partial charge is 0.481 e. The van der Waals surface area contributed by atoms with Crippen LogP contribution >= 0.6 is 0 Å². The van der Waals surface area contributed by atoms with E-state index in [0.29, 0.717) is 31.2 Å². The molecular formula is C37H57N5O12. The number of unbranched alkanes of at least 4 members (excludes halogenated alkanes) is 2. The highest BCUT2D eigenvalue weighted by Crippen LogP contribution is 2.19. The summed E-state index contributed by atoms with van der Waals surface area (Å²) >= 11 is 0. The monoisotopic (exact) mass is 763 g/mol. The Kier molecular flexibility index (Phi) is 20.3. The van der Waals surface area contributed by atoms with Crippen LogP contribution in [-0.2, 0) is 49.6 Å². The minimum atomic E-state index is -1.57. The van der Waals surface area contributed by atoms with E-state index in [1.54, 1.807) is 51.1 Å². The first-order chi connectivity index (χ1) is 25.3. The third-order valence-electron chi connectivity index (χ3n) is 8.17. The van der Waals surface area contributed by atoms with Crippen molar-refractivity contribution in [2.24, 2.45) is 17.6 Å². The third kappa shape index (κ3) is 18.5. The average molecular weight is 764 g/mol. The quantitative estimate of drug-likeness (QED) is 0.0749. The van der Waals surface area contributed by atoms with Crippen LogP contribution in [0.3, 0.4) is 0 Å². The van der Waals surface area contributed by atoms with Crippen LogP contribution < -0.4 is 27.0 Å². The van der Waals surface area contributed by atoms with Gasteiger partial charge in [0.05, 0.1) is 18.3 Å². The number of benzene rings is 1. The number of amides is 5. The topological polar surface area (TPSA) is 270 Å². The normalized spacial score (nSPS) is 14.5. The van der Waals surface area contributed by atoms with Gasteiger partial charge in [0.25, 0.3) is 0 Å². The van der Waals surface area contributed by atoms with E-state index in [2.05, 4.69) is 21.3 Å². The van der Waals surface area contributed by atoms with Crippen molar-refractivity contribution in [1.82, 2.24) is 21.3 Å². The van der Waals surface area contributed by atoms with Crippen LogP contribution in [0.25, 0.3) is 0 Å². The summed E-state index contributed by atoms with van der Waals surface area (Å²) < 4.78 is 10.5. The Morgan fingerprint density at radius 2 is 1.20 bits per heavy atom. The fourth-order valence-corrected chi connectivity index (χ4v) is 5.24. The molecule has 0 saturated carbocycles. The molecule has 302 valence electrons. The number of nitrogens with two attached hydrogens (primary N) is 1. The Hall–Kier alpha value is -5.22. The second-order valence-electron chi connectivity index (χ2n) is 14.1. The first-order valence-corrected chi connectivity index (χ1v) is 18.1. The molecule has 0 heterocycles. The van der Waals surface area contributed by atoms with Crippen LogP contribution in [0.4, 0.5) is 4.79 Å². The van der Waals surface area contributed by atoms with Crippen LogP contribution in [-0.4, -0.2) is 87.6 Å². The van der Waals surface area contributed by atoms with Crippen LogP contribution in [0.15, 0.2) is 30.3 Å². The van der Waals surface area contributed by atoms with Crippen molar-refractivity contribution in [3.05, 3.63) is 35.9 Å². The summed E-state index contributed by atoms with van der Waals surface area (Å²) in [5, 5.41) is 29.3. The number of primary amides is 1. The van der Waals surface area contributed by atoms with Gasteiger partial charge in [-0.05, 0) is 58.9 Å². The molecule has 17 nitrogen and oxygen atoms in total. The smallest absolute Gasteiger partial charge is 0.408 e. The number of esters is 1. The maximum absolute atomic E-state index is 13.6. The highest BCUT2D eigenvalue weighted by molar-refractivity contribution is 5.95. The summed E-state index contributed by atoms with van der Waals surface area (Å²) in [4.78, 5) is 102. The molecule has 0 bridgehead atoms. The van der Waals surface area contributed by atoms with Crippen molar-refractivity contribution in [2.45, 2.75) is 136 Å². The summed E-state index contributed by atoms with van der Waals surface area (Å²) in [5.74, 6) is -9.35. The molecule has 0 aliphatic heterocycles. The number of ether oxygens (including phenoxy) is 2. The van der Waals surface area contributed by atoms with E-state index in [9.17, 15) is 48.6 Å². The van der Waals surface area contributed by atoms with E-state index < -0.39 is 102 Å². The molecule has 0 saturated heterocycles. The van der Waals surface area contributed by atoms with E-state index in [0.717, 1.165) is 0 Å². The van der Waals surface area contributed by atoms with Gasteiger partial charge in [0.1, 0.15) is 36.4 Å². The average Bonchev–Trinajstić information content (AvgIpc) is 3.08. The fourth-order valence-electron chi connectivity index (χ4n) is 5.24. The molecule has 0 aromatic heterocycles. The predicted octanol–water partition coefficient (Wildman–Crippen LogP) is 2.54. The molecule has 1 aromatic rings. The molecule has 1 rings (SSSR count). The summed E-state index contributed by atoms with van der Waals surface area (Å²) in [7, 11) is 0. The van der Waals surface area contributed by atoms with Gasteiger partial charge in [0.15, 0.2) is 0 Å². The summed E-state index contributed by atoms with van der Waals surface area (Å²) in [6, 6.07) is 2.71. The molecule has 6 atom stereocenters. The van der Waals surface area contributed by atoms with Gasteiger partial charge >= 0.3 is 24.0 Å². The Morgan fingerprint density at radius 1 is 0.722 bits per heavy atom. The lowest BCUT2D eigenvalue weighted by Gasteiger charge is -2.28. The Balaban J connectivity index is 3.30. The van der Waals surface area contributed by atoms with Crippen LogP contribution in [0.2, 0.25) is 0 Å². The van der Waals surface area contributed by atoms with Gasteiger partial charge in [-0.2, -0.15) is 0 Å². The third-order valence-corrected chi connectivity index (χ3v) is 8.17. The maximum Gasteiger partial charge on any atom is 0.408 e. The lowest BCUT2D eigenvalue weighted by Crippen LogP contribution is -2.58. The van der Waals surface area contributed by atoms with E-state index >= 15 is 0 Å². The van der Waals surface area contributed by atoms with Crippen molar-refractivity contribution in [1.29, 1.82) is 0 Å². The van der Waals surface area contributed by atoms with Gasteiger partial charge in [0.2, 0.25) is 23.6 Å². The molecule has 5 amide bonds. The maximum atomic E-state index is 13.6. The van der Waals surface area contributed by atoms with Crippen molar-refractivity contribution in [2.75, 3.05) is 0 Å². The fraction of sp³-hybridized carbons (Fsp3) is 0.622. The number of nitrogens with one attached hydrogen (secondary N) is 4. The molecule has 17 heteroatoms. The summed E-state index contributed by atoms with van der Waals surface area (Å²) in [6.45, 7) is 9.55. The SMILES string of the molecule is CCCCC(C[C@H](NC(=O)OCc1ccccc1)C(=O)N[C@@H](C)C(=O)N[C@@H](CC(CCCC)C(=O)O)C(=O)N[C@@H](CC(N)=O)C(=O)OC(C)(C)C)C(=O)O. The standard InChI is InChI=1S/C37H57N5O12/c1-7-9-16-24(33(47)48)18-26(32(46)41-28(20-29(38)43)35(51)54-37(4,5)6)40-30(44)22(3)39-31(45)27(19-25(34(49)50)17-10-8-2)42-36(52)53-21-23-14-12-11-13-15-23/h11-15,22,24-28H,7-10,16-21H2,1-6H3,(H2,38,43)(H,39,45)(H,40,44)(H,41,46)(H,42,52)(H,47,48)(H,49,50)/t22-,24?,25?,26-,27-,28-/m0/s1. The summed E-state index contributed by atoms with van der Waals surface area (Å²) in [6.07, 6.45) is 0.329. The molecule has 2 unspecified atom stereocenters. The number of rotatable bonds is 24. The molecule has 0 fully saturated rings. The zero-order valence-corrected chi connectivity index (χ0v) is 32.0. The summed E-state index contributed by atoms with van der Waals surface area (Å²) in [5.41, 5.74) is 4.97. The highest BCUT2D eigenvalue weighted by Gasteiger charge is 2.35. The zero-order valence-electron chi connectivity index (χ0n) is 32.0. The Bertz CT molecular complexity index is 1430. The molecular weight excluding hydrogens is 706 g/mol. The second-order valence-corrected chi connectivity index (χ2v) is 14.1. The number of carboxylic acids is 2. The molecule has 1 aromatic carbocycles. The van der Waals surface area contributed by atoms with Gasteiger partial charge in [-0.25, -0.2) is 9.59 Å². The van der Waals surface area contributed by atoms with Crippen LogP contribution in [0.5, 0.6) is 0 Å². The first-order valence-electron chi connectivity index (χ1n) is 18.1. The van der Waals surface area contributed by atoms with Gasteiger partial charge in [-0.1, -0.05) is 69.9 Å². The molecule has 0 aliphatic carbocycles. The van der Waals surface area contributed by atoms with E-state index in [4.69, 9.17) is 15.2 Å². The molecule has 0 aliphatic rings. The van der Waals surface area contributed by atoms with Gasteiger partial charge in [0, 0.05) is 0 Å². The van der Waals surface area contributed by atoms with E-state index in [1.165, 1.54) is 6.92 Å². The number of carbonyl (C=O) groups excluding carboxylic acids is 6. The van der Waals surface area contributed by atoms with Crippen molar-refractivity contribution < 1.29 is 58.0 Å². The highest BCUT2D eigenvalue weighted by atomic mass is 16.6. The minimum absolute atomic E-state index is 0.134. The van der Waals surface area contributed by atoms with Crippen LogP contribution in [0, 0.1) is 11.8 Å². The molecule has 0 radical (unpaired) electrons. The Labute approximate surface area is 315 Å². The Morgan fingerprint density at radius 3 is 1.67 bits per heavy atom. The van der Waals surface area contributed by atoms with Gasteiger partial charge in [-0.15, -0.1) is 0 Å². The number of alkyl carbamates (subject to hydrolysis) is 1.